The summed E-state index contributed by atoms with van der Waals surface area (Å²) in [6.07, 6.45) is 1.37. The fraction of sp³-hybridized carbons (Fsp3) is 0.0909. The van der Waals surface area contributed by atoms with Crippen LogP contribution in [0.3, 0.4) is 0 Å². The molecule has 0 N–H and O–H groups in total. The summed E-state index contributed by atoms with van der Waals surface area (Å²) < 4.78 is 0. The molecule has 0 bridgehead atoms. The summed E-state index contributed by atoms with van der Waals surface area (Å²) in [4.78, 5) is 0.565. The Bertz CT molecular complexity index is 437. The van der Waals surface area contributed by atoms with Crippen molar-refractivity contribution in [3.05, 3.63) is 53.4 Å². The maximum atomic E-state index is 10.9. The molecule has 1 heterocycles. The van der Waals surface area contributed by atoms with Crippen molar-refractivity contribution < 1.29 is 4.85 Å². The summed E-state index contributed by atoms with van der Waals surface area (Å²) in [5.74, 6) is 0. The molecule has 1 aromatic heterocycles. The molecule has 3 nitrogen and oxygen atoms in total. The van der Waals surface area contributed by atoms with Crippen LogP contribution in [0, 0.1) is 12.1 Å². The number of hydrogen-bond acceptors (Lipinski definition) is 2. The van der Waals surface area contributed by atoms with Crippen molar-refractivity contribution in [2.24, 2.45) is 0 Å². The summed E-state index contributed by atoms with van der Waals surface area (Å²) >= 11 is 0. The highest BCUT2D eigenvalue weighted by molar-refractivity contribution is 5.58. The molecule has 0 atom stereocenters. The van der Waals surface area contributed by atoms with Gasteiger partial charge in [-0.05, 0) is 13.0 Å². The molecular formula is C11H10N2O. The van der Waals surface area contributed by atoms with Crippen LogP contribution in [-0.2, 0) is 0 Å². The first-order chi connectivity index (χ1) is 6.75. The van der Waals surface area contributed by atoms with Gasteiger partial charge in [0, 0.05) is 16.7 Å². The first kappa shape index (κ1) is 8.69. The summed E-state index contributed by atoms with van der Waals surface area (Å²) in [6.45, 7) is 2.02. The van der Waals surface area contributed by atoms with Crippen LogP contribution in [0.4, 0.5) is 0 Å². The molecule has 2 rings (SSSR count). The molecule has 0 aliphatic rings. The van der Waals surface area contributed by atoms with Crippen molar-refractivity contribution in [3.63, 3.8) is 0 Å². The zero-order valence-corrected chi connectivity index (χ0v) is 7.84. The molecule has 0 unspecified atom stereocenters. The second kappa shape index (κ2) is 3.46. The van der Waals surface area contributed by atoms with Gasteiger partial charge in [-0.1, -0.05) is 34.7 Å². The van der Waals surface area contributed by atoms with Gasteiger partial charge in [0.25, 0.3) is 0 Å². The van der Waals surface area contributed by atoms with Gasteiger partial charge < -0.3 is 5.21 Å². The van der Waals surface area contributed by atoms with Crippen LogP contribution in [0.25, 0.3) is 11.3 Å². The van der Waals surface area contributed by atoms with Crippen molar-refractivity contribution >= 4 is 0 Å². The molecule has 0 aliphatic heterocycles. The molecule has 1 aromatic carbocycles. The van der Waals surface area contributed by atoms with E-state index in [2.05, 4.69) is 5.10 Å². The van der Waals surface area contributed by atoms with Crippen molar-refractivity contribution in [1.82, 2.24) is 5.10 Å². The number of benzene rings is 1. The maximum Gasteiger partial charge on any atom is 0.209 e. The zero-order valence-electron chi connectivity index (χ0n) is 7.84. The van der Waals surface area contributed by atoms with E-state index in [1.54, 1.807) is 6.07 Å². The Morgan fingerprint density at radius 2 is 1.86 bits per heavy atom. The van der Waals surface area contributed by atoms with E-state index in [9.17, 15) is 5.21 Å². The number of rotatable bonds is 1. The molecule has 0 radical (unpaired) electrons. The molecular weight excluding hydrogens is 176 g/mol. The Labute approximate surface area is 82.2 Å². The van der Waals surface area contributed by atoms with E-state index in [1.165, 1.54) is 11.8 Å². The van der Waals surface area contributed by atoms with Crippen molar-refractivity contribution in [2.45, 2.75) is 6.92 Å². The third kappa shape index (κ3) is 1.71. The third-order valence-electron chi connectivity index (χ3n) is 2.02. The first-order valence-electron chi connectivity index (χ1n) is 4.39. The van der Waals surface area contributed by atoms with Crippen molar-refractivity contribution in [1.29, 1.82) is 0 Å². The monoisotopic (exact) mass is 186 g/mol. The van der Waals surface area contributed by atoms with Crippen LogP contribution in [0.2, 0.25) is 0 Å². The topological polar surface area (TPSA) is 39.8 Å². The smallest absolute Gasteiger partial charge is 0.209 e. The number of nitrogens with zero attached hydrogens (tertiary/aromatic N) is 2. The molecule has 70 valence electrons. The van der Waals surface area contributed by atoms with E-state index in [-0.39, 0.29) is 0 Å². The Morgan fingerprint density at radius 3 is 2.50 bits per heavy atom. The van der Waals surface area contributed by atoms with Crippen molar-refractivity contribution in [2.75, 3.05) is 0 Å². The average Bonchev–Trinajstić information content (AvgIpc) is 2.19. The fourth-order valence-corrected chi connectivity index (χ4v) is 1.26. The van der Waals surface area contributed by atoms with Gasteiger partial charge >= 0.3 is 0 Å². The fourth-order valence-electron chi connectivity index (χ4n) is 1.26. The number of hydrogen-bond donors (Lipinski definition) is 0. The molecule has 2 aromatic rings. The standard InChI is InChI=1S/C11H10N2O/c1-9-4-6-10(7-5-9)11-3-2-8-13(14)12-11/h2-8H,1H3. The number of aryl methyl sites for hydroxylation is 1. The molecule has 0 fully saturated rings. The van der Waals surface area contributed by atoms with E-state index >= 15 is 0 Å². The first-order valence-corrected chi connectivity index (χ1v) is 4.39. The predicted octanol–water partition coefficient (Wildman–Crippen LogP) is 1.69. The highest BCUT2D eigenvalue weighted by Gasteiger charge is 2.01. The average molecular weight is 186 g/mol. The molecule has 0 amide bonds. The van der Waals surface area contributed by atoms with E-state index < -0.39 is 0 Å². The van der Waals surface area contributed by atoms with Gasteiger partial charge in [0.1, 0.15) is 5.69 Å². The van der Waals surface area contributed by atoms with Crippen LogP contribution in [0.5, 0.6) is 0 Å². The lowest BCUT2D eigenvalue weighted by molar-refractivity contribution is -0.668. The molecule has 3 heteroatoms. The van der Waals surface area contributed by atoms with Crippen LogP contribution in [0.15, 0.2) is 42.6 Å². The van der Waals surface area contributed by atoms with E-state index in [1.807, 2.05) is 37.3 Å². The van der Waals surface area contributed by atoms with E-state index in [4.69, 9.17) is 0 Å². The minimum atomic E-state index is 0.565. The summed E-state index contributed by atoms with van der Waals surface area (Å²) in [6, 6.07) is 11.4. The quantitative estimate of drug-likeness (QED) is 0.502. The highest BCUT2D eigenvalue weighted by atomic mass is 16.5. The minimum Gasteiger partial charge on any atom is -0.594 e. The van der Waals surface area contributed by atoms with Gasteiger partial charge in [-0.15, -0.1) is 0 Å². The Morgan fingerprint density at radius 1 is 1.14 bits per heavy atom. The van der Waals surface area contributed by atoms with Gasteiger partial charge in [0.15, 0.2) is 0 Å². The van der Waals surface area contributed by atoms with Crippen LogP contribution < -0.4 is 4.85 Å². The Hall–Kier alpha value is -1.90. The Balaban J connectivity index is 2.44. The second-order valence-corrected chi connectivity index (χ2v) is 3.16. The van der Waals surface area contributed by atoms with Gasteiger partial charge in [-0.25, -0.2) is 0 Å². The van der Waals surface area contributed by atoms with E-state index in [0.717, 1.165) is 5.56 Å². The van der Waals surface area contributed by atoms with Gasteiger partial charge in [-0.3, -0.25) is 0 Å². The van der Waals surface area contributed by atoms with Gasteiger partial charge in [-0.2, -0.15) is 0 Å². The van der Waals surface area contributed by atoms with Crippen molar-refractivity contribution in [3.8, 4) is 11.3 Å². The normalized spacial score (nSPS) is 10.1. The molecule has 0 saturated heterocycles. The van der Waals surface area contributed by atoms with E-state index in [0.29, 0.717) is 10.5 Å². The molecule has 14 heavy (non-hydrogen) atoms. The lowest BCUT2D eigenvalue weighted by atomic mass is 10.1. The molecule has 0 spiro atoms. The SMILES string of the molecule is Cc1ccc(-c2ccc[n+]([O-])n2)cc1. The largest absolute Gasteiger partial charge is 0.594 e. The molecule has 0 saturated carbocycles. The summed E-state index contributed by atoms with van der Waals surface area (Å²) in [5.41, 5.74) is 2.85. The van der Waals surface area contributed by atoms with Crippen LogP contribution in [0.1, 0.15) is 5.56 Å². The second-order valence-electron chi connectivity index (χ2n) is 3.16. The predicted molar refractivity (Wildman–Crippen MR) is 53.4 cm³/mol. The minimum absolute atomic E-state index is 0.565. The van der Waals surface area contributed by atoms with Gasteiger partial charge in [0.05, 0.1) is 0 Å². The summed E-state index contributed by atoms with van der Waals surface area (Å²) in [7, 11) is 0. The summed E-state index contributed by atoms with van der Waals surface area (Å²) in [5, 5.41) is 14.8. The zero-order chi connectivity index (χ0) is 9.97. The Kier molecular flexibility index (Phi) is 2.14. The lowest BCUT2D eigenvalue weighted by Gasteiger charge is -1.99. The lowest BCUT2D eigenvalue weighted by Crippen LogP contribution is -2.30. The third-order valence-corrected chi connectivity index (χ3v) is 2.02. The van der Waals surface area contributed by atoms with Crippen LogP contribution >= 0.6 is 0 Å². The van der Waals surface area contributed by atoms with Gasteiger partial charge in [0.2, 0.25) is 6.20 Å². The number of aromatic nitrogens is 2. The van der Waals surface area contributed by atoms with Crippen LogP contribution in [-0.4, -0.2) is 5.10 Å². The maximum absolute atomic E-state index is 10.9. The highest BCUT2D eigenvalue weighted by Crippen LogP contribution is 2.15. The molecule has 0 aliphatic carbocycles.